The lowest BCUT2D eigenvalue weighted by molar-refractivity contribution is -0.719. The Morgan fingerprint density at radius 1 is 1.00 bits per heavy atom. The van der Waals surface area contributed by atoms with Gasteiger partial charge in [-0.25, -0.2) is 34.3 Å². The van der Waals surface area contributed by atoms with Crippen molar-refractivity contribution < 1.29 is 32.9 Å². The number of hydrogen-bond donors (Lipinski definition) is 1. The molecule has 3 fully saturated rings. The van der Waals surface area contributed by atoms with Gasteiger partial charge in [0, 0.05) is 36.2 Å². The van der Waals surface area contributed by atoms with E-state index in [-0.39, 0.29) is 12.5 Å². The van der Waals surface area contributed by atoms with Gasteiger partial charge in [0.25, 0.3) is 6.33 Å². The van der Waals surface area contributed by atoms with Crippen LogP contribution in [0.3, 0.4) is 0 Å². The molecule has 1 atom stereocenters. The predicted octanol–water partition coefficient (Wildman–Crippen LogP) is 5.99. The quantitative estimate of drug-likeness (QED) is 0.0571. The summed E-state index contributed by atoms with van der Waals surface area (Å²) in [6.07, 6.45) is 12.2. The fraction of sp³-hybridized carbons (Fsp3) is 0.429. The van der Waals surface area contributed by atoms with Crippen LogP contribution in [-0.2, 0) is 31.9 Å². The van der Waals surface area contributed by atoms with Crippen molar-refractivity contribution in [3.8, 4) is 33.6 Å². The topological polar surface area (TPSA) is 156 Å². The fourth-order valence-corrected chi connectivity index (χ4v) is 8.19. The van der Waals surface area contributed by atoms with Crippen LogP contribution in [0.1, 0.15) is 93.4 Å². The minimum Gasteiger partial charge on any atom is -0.481 e. The molecule has 0 amide bonds. The van der Waals surface area contributed by atoms with E-state index >= 15 is 0 Å². The first-order valence-electron chi connectivity index (χ1n) is 19.7. The molecule has 5 heterocycles. The van der Waals surface area contributed by atoms with Crippen LogP contribution in [0.5, 0.6) is 11.8 Å². The van der Waals surface area contributed by atoms with Crippen LogP contribution in [0.25, 0.3) is 27.9 Å². The molecule has 1 aromatic carbocycles. The number of aryl methyl sites for hydroxylation is 1. The van der Waals surface area contributed by atoms with E-state index < -0.39 is 24.3 Å². The Bertz CT molecular complexity index is 2350. The van der Waals surface area contributed by atoms with Gasteiger partial charge in [0.1, 0.15) is 30.0 Å². The van der Waals surface area contributed by atoms with E-state index in [1.807, 2.05) is 32.6 Å². The molecule has 58 heavy (non-hydrogen) atoms. The summed E-state index contributed by atoms with van der Waals surface area (Å²) in [7, 11) is 2.50. The van der Waals surface area contributed by atoms with Crippen molar-refractivity contribution in [3.05, 3.63) is 82.9 Å². The number of methoxy groups -OCH3 is 2. The van der Waals surface area contributed by atoms with Gasteiger partial charge in [0.2, 0.25) is 5.88 Å². The summed E-state index contributed by atoms with van der Waals surface area (Å²) in [6.45, 7) is 11.1. The van der Waals surface area contributed by atoms with Gasteiger partial charge >= 0.3 is 19.0 Å². The van der Waals surface area contributed by atoms with Crippen molar-refractivity contribution in [3.63, 3.8) is 0 Å². The number of thiazole rings is 1. The molecule has 8 rings (SSSR count). The Hall–Kier alpha value is -5.32. The van der Waals surface area contributed by atoms with Gasteiger partial charge in [0.05, 0.1) is 53.7 Å². The number of aromatic nitrogens is 7. The number of carbonyl (C=O) groups is 1. The first kappa shape index (κ1) is 39.5. The van der Waals surface area contributed by atoms with Crippen molar-refractivity contribution in [2.75, 3.05) is 26.1 Å². The van der Waals surface area contributed by atoms with Crippen molar-refractivity contribution in [1.29, 1.82) is 0 Å². The van der Waals surface area contributed by atoms with E-state index in [1.54, 1.807) is 51.1 Å². The number of benzene rings is 1. The van der Waals surface area contributed by atoms with Crippen LogP contribution >= 0.6 is 11.3 Å². The molecular weight excluding hydrogens is 755 g/mol. The summed E-state index contributed by atoms with van der Waals surface area (Å²) in [5, 5.41) is 3.51. The van der Waals surface area contributed by atoms with E-state index in [0.717, 1.165) is 64.2 Å². The molecule has 2 saturated carbocycles. The number of hydrogen-bond acceptors (Lipinski definition) is 14. The fourth-order valence-electron chi connectivity index (χ4n) is 7.37. The first-order chi connectivity index (χ1) is 28.0. The molecule has 5 aromatic rings. The number of ether oxygens (including phenoxy) is 3. The third-order valence-corrected chi connectivity index (χ3v) is 12.2. The third kappa shape index (κ3) is 7.92. The smallest absolute Gasteiger partial charge is 0.481 e. The highest BCUT2D eigenvalue weighted by molar-refractivity contribution is 7.13. The molecule has 2 aliphatic carbocycles. The zero-order valence-corrected chi connectivity index (χ0v) is 34.8. The zero-order valence-electron chi connectivity index (χ0n) is 33.9. The average molecular weight is 804 g/mol. The van der Waals surface area contributed by atoms with E-state index in [9.17, 15) is 4.79 Å². The minimum atomic E-state index is -0.815. The Kier molecular flexibility index (Phi) is 11.0. The highest BCUT2D eigenvalue weighted by Gasteiger charge is 2.58. The van der Waals surface area contributed by atoms with Crippen LogP contribution in [0.4, 0.5) is 5.82 Å². The van der Waals surface area contributed by atoms with Crippen LogP contribution < -0.4 is 24.8 Å². The third-order valence-electron chi connectivity index (χ3n) is 11.2. The monoisotopic (exact) mass is 803 g/mol. The highest BCUT2D eigenvalue weighted by atomic mass is 32.1. The average Bonchev–Trinajstić information content (AvgIpc) is 4.16. The normalized spacial score (nSPS) is 18.8. The lowest BCUT2D eigenvalue weighted by Crippen LogP contribution is -2.57. The molecule has 1 aliphatic heterocycles. The summed E-state index contributed by atoms with van der Waals surface area (Å²) >= 11 is 1.63. The van der Waals surface area contributed by atoms with Gasteiger partial charge in [-0.2, -0.15) is 0 Å². The maximum Gasteiger partial charge on any atom is 0.502 e. The standard InChI is InChI=1S/C42H47BN8O6S/c1-8-55-31(52)18-17-30-20-45-38(50-37(30)44-19-26-9-11-29(12-10-26)36-25(2)49-24-58-36)32-35(28-15-16-28)51(23-48-39(32)53-6)21-42(5)41(3,4)56-43(57-42)33-34(27-13-14-27)46-22-47-40(33)54-7/h9-12,17-18,20,22-24,27-28H,8,13-16,19,21H2,1-7H3/p+1. The van der Waals surface area contributed by atoms with Crippen molar-refractivity contribution >= 4 is 41.8 Å². The van der Waals surface area contributed by atoms with Gasteiger partial charge in [-0.1, -0.05) is 24.3 Å². The molecule has 16 heteroatoms. The lowest BCUT2D eigenvalue weighted by atomic mass is 9.77. The van der Waals surface area contributed by atoms with Crippen LogP contribution in [-0.4, -0.2) is 75.0 Å². The summed E-state index contributed by atoms with van der Waals surface area (Å²) in [5.41, 5.74) is 7.50. The van der Waals surface area contributed by atoms with E-state index in [4.69, 9.17) is 38.5 Å². The summed E-state index contributed by atoms with van der Waals surface area (Å²) in [4.78, 5) is 41.7. The molecular formula is C42H48BN8O6S+. The van der Waals surface area contributed by atoms with Crippen LogP contribution in [0.2, 0.25) is 0 Å². The van der Waals surface area contributed by atoms with Crippen LogP contribution in [0, 0.1) is 6.92 Å². The second kappa shape index (κ2) is 16.1. The zero-order chi connectivity index (χ0) is 40.6. The number of nitrogens with one attached hydrogen (secondary N) is 1. The first-order valence-corrected chi connectivity index (χ1v) is 20.6. The van der Waals surface area contributed by atoms with E-state index in [0.29, 0.717) is 53.5 Å². The van der Waals surface area contributed by atoms with Gasteiger partial charge in [-0.05, 0) is 82.5 Å². The summed E-state index contributed by atoms with van der Waals surface area (Å²) in [5.74, 6) is 1.98. The van der Waals surface area contributed by atoms with E-state index in [1.165, 1.54) is 6.08 Å². The number of anilines is 1. The van der Waals surface area contributed by atoms with Gasteiger partial charge in [-0.3, -0.25) is 0 Å². The number of rotatable bonds is 15. The molecule has 0 bridgehead atoms. The molecule has 1 unspecified atom stereocenters. The summed E-state index contributed by atoms with van der Waals surface area (Å²) in [6, 6.07) is 8.38. The Morgan fingerprint density at radius 3 is 2.43 bits per heavy atom. The molecule has 0 radical (unpaired) electrons. The molecule has 300 valence electrons. The Balaban J connectivity index is 1.14. The molecule has 0 spiro atoms. The maximum atomic E-state index is 12.4. The maximum absolute atomic E-state index is 12.4. The number of carbonyl (C=O) groups excluding carboxylic acids is 1. The Morgan fingerprint density at radius 2 is 1.76 bits per heavy atom. The minimum absolute atomic E-state index is 0.227. The highest BCUT2D eigenvalue weighted by Crippen LogP contribution is 2.46. The second-order valence-electron chi connectivity index (χ2n) is 15.6. The van der Waals surface area contributed by atoms with Crippen molar-refractivity contribution in [1.82, 2.24) is 29.9 Å². The molecule has 14 nitrogen and oxygen atoms in total. The number of esters is 1. The van der Waals surface area contributed by atoms with Crippen LogP contribution in [0.15, 0.2) is 54.7 Å². The van der Waals surface area contributed by atoms with Crippen molar-refractivity contribution in [2.45, 2.75) is 96.4 Å². The lowest BCUT2D eigenvalue weighted by Gasteiger charge is -2.35. The Labute approximate surface area is 342 Å². The van der Waals surface area contributed by atoms with E-state index in [2.05, 4.69) is 56.0 Å². The van der Waals surface area contributed by atoms with Gasteiger partial charge in [0.15, 0.2) is 11.4 Å². The molecule has 3 aliphatic rings. The largest absolute Gasteiger partial charge is 0.502 e. The van der Waals surface area contributed by atoms with Gasteiger partial charge in [-0.15, -0.1) is 11.3 Å². The predicted molar refractivity (Wildman–Crippen MR) is 220 cm³/mol. The molecule has 1 N–H and O–H groups in total. The second-order valence-corrected chi connectivity index (χ2v) is 16.4. The molecule has 1 saturated heterocycles. The molecule has 4 aromatic heterocycles. The number of nitrogens with zero attached hydrogens (tertiary/aromatic N) is 7. The van der Waals surface area contributed by atoms with Crippen molar-refractivity contribution in [2.24, 2.45) is 0 Å². The van der Waals surface area contributed by atoms with Gasteiger partial charge < -0.3 is 28.8 Å². The summed E-state index contributed by atoms with van der Waals surface area (Å²) < 4.78 is 32.6. The SMILES string of the molecule is CCOC(=O)/C=C/c1cnc(-c2c(OC)nc[n+](CC3(C)OB(c4c(OC)ncnc4C4CC4)OC3(C)C)c2C2CC2)nc1NCc1ccc(-c2scnc2C)cc1.